The zero-order valence-corrected chi connectivity index (χ0v) is 15.5. The number of imidazole rings is 1. The van der Waals surface area contributed by atoms with Crippen molar-refractivity contribution in [3.8, 4) is 11.1 Å². The van der Waals surface area contributed by atoms with Crippen molar-refractivity contribution in [1.82, 2.24) is 20.3 Å². The summed E-state index contributed by atoms with van der Waals surface area (Å²) in [6.45, 7) is 4.39. The average molecular weight is 366 g/mol. The van der Waals surface area contributed by atoms with Gasteiger partial charge in [0.05, 0.1) is 16.7 Å². The minimum atomic E-state index is -0.313. The van der Waals surface area contributed by atoms with E-state index in [-0.39, 0.29) is 6.03 Å². The molecule has 0 bridgehead atoms. The molecule has 0 unspecified atom stereocenters. The molecule has 0 saturated carbocycles. The molecule has 3 aromatic rings. The summed E-state index contributed by atoms with van der Waals surface area (Å²) in [6, 6.07) is 7.53. The number of pyridine rings is 1. The zero-order valence-electron chi connectivity index (χ0n) is 15.5. The number of H-pyrrole nitrogens is 1. The van der Waals surface area contributed by atoms with Crippen LogP contribution in [0.5, 0.6) is 0 Å². The van der Waals surface area contributed by atoms with Crippen LogP contribution in [0.3, 0.4) is 0 Å². The van der Waals surface area contributed by atoms with Gasteiger partial charge in [0, 0.05) is 30.1 Å². The molecule has 0 atom stereocenters. The molecule has 0 radical (unpaired) electrons. The van der Waals surface area contributed by atoms with Crippen molar-refractivity contribution in [3.63, 3.8) is 0 Å². The number of aromatic amines is 1. The molecule has 0 fully saturated rings. The number of anilines is 1. The normalized spacial score (nSPS) is 11.4. The largest absolute Gasteiger partial charge is 0.399 e. The van der Waals surface area contributed by atoms with E-state index in [1.165, 1.54) is 7.11 Å². The Morgan fingerprint density at radius 2 is 2.15 bits per heavy atom. The fourth-order valence-electron chi connectivity index (χ4n) is 2.83. The summed E-state index contributed by atoms with van der Waals surface area (Å²) in [4.78, 5) is 28.7. The molecule has 3 rings (SSSR count). The molecular formula is C19H22N6O2. The average Bonchev–Trinajstić information content (AvgIpc) is 3.08. The third-order valence-electron chi connectivity index (χ3n) is 4.00. The van der Waals surface area contributed by atoms with Crippen molar-refractivity contribution in [2.75, 3.05) is 19.0 Å². The van der Waals surface area contributed by atoms with Gasteiger partial charge in [0.25, 0.3) is 0 Å². The highest BCUT2D eigenvalue weighted by atomic mass is 16.6. The molecule has 1 aromatic carbocycles. The summed E-state index contributed by atoms with van der Waals surface area (Å²) in [5.41, 5.74) is 5.07. The highest BCUT2D eigenvalue weighted by Crippen LogP contribution is 2.28. The number of aromatic nitrogens is 3. The van der Waals surface area contributed by atoms with E-state index in [0.29, 0.717) is 18.9 Å². The van der Waals surface area contributed by atoms with E-state index in [2.05, 4.69) is 30.7 Å². The number of fused-ring (bicyclic) bond motifs is 1. The third-order valence-corrected chi connectivity index (χ3v) is 4.00. The zero-order chi connectivity index (χ0) is 19.2. The SMILES string of the molecule is CCNC(=O)Nc1nc2cc(-c3cccnc3)cc(/C(CC)=N/OC)c2[nH]1. The smallest absolute Gasteiger partial charge is 0.321 e. The first-order valence-electron chi connectivity index (χ1n) is 8.75. The Balaban J connectivity index is 2.14. The molecule has 0 aliphatic heterocycles. The standard InChI is InChI=1S/C19H22N6O2/c1-4-15(25-27-3)14-9-13(12-7-6-8-20-11-12)10-16-17(14)23-18(22-16)24-19(26)21-5-2/h6-11H,4-5H2,1-3H3,(H3,21,22,23,24,26)/b25-15+. The van der Waals surface area contributed by atoms with Gasteiger partial charge in [0.1, 0.15) is 7.11 Å². The summed E-state index contributed by atoms with van der Waals surface area (Å²) in [5, 5.41) is 9.54. The minimum absolute atomic E-state index is 0.313. The first kappa shape index (κ1) is 18.4. The summed E-state index contributed by atoms with van der Waals surface area (Å²) in [7, 11) is 1.52. The van der Waals surface area contributed by atoms with E-state index >= 15 is 0 Å². The van der Waals surface area contributed by atoms with Gasteiger partial charge in [0.2, 0.25) is 5.95 Å². The molecule has 0 aliphatic carbocycles. The van der Waals surface area contributed by atoms with E-state index < -0.39 is 0 Å². The van der Waals surface area contributed by atoms with Gasteiger partial charge < -0.3 is 15.1 Å². The maximum Gasteiger partial charge on any atom is 0.321 e. The first-order valence-corrected chi connectivity index (χ1v) is 8.75. The highest BCUT2D eigenvalue weighted by molar-refractivity contribution is 6.10. The number of hydrogen-bond donors (Lipinski definition) is 3. The number of carbonyl (C=O) groups excluding carboxylic acids is 1. The minimum Gasteiger partial charge on any atom is -0.399 e. The number of carbonyl (C=O) groups is 1. The lowest BCUT2D eigenvalue weighted by Crippen LogP contribution is -2.28. The molecule has 27 heavy (non-hydrogen) atoms. The van der Waals surface area contributed by atoms with Crippen LogP contribution in [0.2, 0.25) is 0 Å². The fourth-order valence-corrected chi connectivity index (χ4v) is 2.83. The lowest BCUT2D eigenvalue weighted by Gasteiger charge is -2.08. The number of nitrogens with one attached hydrogen (secondary N) is 3. The Bertz CT molecular complexity index is 965. The number of oxime groups is 1. The fraction of sp³-hybridized carbons (Fsp3) is 0.263. The molecule has 3 N–H and O–H groups in total. The van der Waals surface area contributed by atoms with Gasteiger partial charge in [-0.1, -0.05) is 18.1 Å². The topological polar surface area (TPSA) is 104 Å². The van der Waals surface area contributed by atoms with Crippen molar-refractivity contribution in [1.29, 1.82) is 0 Å². The van der Waals surface area contributed by atoms with Crippen LogP contribution in [-0.2, 0) is 4.84 Å². The van der Waals surface area contributed by atoms with Gasteiger partial charge in [-0.3, -0.25) is 10.3 Å². The number of rotatable bonds is 6. The second kappa shape index (κ2) is 8.31. The Labute approximate surface area is 157 Å². The van der Waals surface area contributed by atoms with Gasteiger partial charge in [-0.2, -0.15) is 0 Å². The van der Waals surface area contributed by atoms with Crippen molar-refractivity contribution in [3.05, 3.63) is 42.2 Å². The van der Waals surface area contributed by atoms with E-state index in [4.69, 9.17) is 4.84 Å². The molecule has 8 nitrogen and oxygen atoms in total. The lowest BCUT2D eigenvalue weighted by atomic mass is 9.99. The molecule has 0 aliphatic rings. The molecule has 0 saturated heterocycles. The molecule has 2 heterocycles. The van der Waals surface area contributed by atoms with Gasteiger partial charge in [-0.05, 0) is 37.1 Å². The molecule has 2 aromatic heterocycles. The Kier molecular flexibility index (Phi) is 5.65. The number of nitrogens with zero attached hydrogens (tertiary/aromatic N) is 3. The molecular weight excluding hydrogens is 344 g/mol. The maximum absolute atomic E-state index is 11.8. The van der Waals surface area contributed by atoms with E-state index in [9.17, 15) is 4.79 Å². The third kappa shape index (κ3) is 4.05. The molecule has 8 heteroatoms. The van der Waals surface area contributed by atoms with Gasteiger partial charge in [0.15, 0.2) is 0 Å². The second-order valence-corrected chi connectivity index (χ2v) is 5.80. The molecule has 2 amide bonds. The van der Waals surface area contributed by atoms with Crippen molar-refractivity contribution < 1.29 is 9.63 Å². The predicted molar refractivity (Wildman–Crippen MR) is 106 cm³/mol. The summed E-state index contributed by atoms with van der Waals surface area (Å²) in [5.74, 6) is 0.369. The summed E-state index contributed by atoms with van der Waals surface area (Å²) in [6.07, 6.45) is 4.21. The molecule has 0 spiro atoms. The van der Waals surface area contributed by atoms with Gasteiger partial charge in [-0.25, -0.2) is 9.78 Å². The van der Waals surface area contributed by atoms with E-state index in [1.807, 2.05) is 38.1 Å². The number of hydrogen-bond acceptors (Lipinski definition) is 5. The Hall–Kier alpha value is -3.42. The number of urea groups is 1. The monoisotopic (exact) mass is 366 g/mol. The van der Waals surface area contributed by atoms with Crippen molar-refractivity contribution in [2.24, 2.45) is 5.16 Å². The molecule has 140 valence electrons. The number of benzene rings is 1. The van der Waals surface area contributed by atoms with Crippen LogP contribution in [0.25, 0.3) is 22.2 Å². The van der Waals surface area contributed by atoms with Gasteiger partial charge in [-0.15, -0.1) is 0 Å². The van der Waals surface area contributed by atoms with Gasteiger partial charge >= 0.3 is 6.03 Å². The summed E-state index contributed by atoms with van der Waals surface area (Å²) >= 11 is 0. The lowest BCUT2D eigenvalue weighted by molar-refractivity contribution is 0.213. The Morgan fingerprint density at radius 1 is 1.30 bits per heavy atom. The first-order chi connectivity index (χ1) is 13.2. The van der Waals surface area contributed by atoms with Crippen LogP contribution < -0.4 is 10.6 Å². The van der Waals surface area contributed by atoms with E-state index in [1.54, 1.807) is 12.4 Å². The maximum atomic E-state index is 11.8. The van der Waals surface area contributed by atoms with Crippen LogP contribution in [0.4, 0.5) is 10.7 Å². The van der Waals surface area contributed by atoms with Crippen molar-refractivity contribution >= 4 is 28.7 Å². The van der Waals surface area contributed by atoms with Crippen LogP contribution in [0.15, 0.2) is 41.8 Å². The predicted octanol–water partition coefficient (Wildman–Crippen LogP) is 3.53. The van der Waals surface area contributed by atoms with Crippen LogP contribution in [0, 0.1) is 0 Å². The van der Waals surface area contributed by atoms with Crippen LogP contribution in [-0.4, -0.2) is 40.3 Å². The summed E-state index contributed by atoms with van der Waals surface area (Å²) < 4.78 is 0. The van der Waals surface area contributed by atoms with Crippen LogP contribution >= 0.6 is 0 Å². The highest BCUT2D eigenvalue weighted by Gasteiger charge is 2.15. The number of amides is 2. The van der Waals surface area contributed by atoms with Crippen LogP contribution in [0.1, 0.15) is 25.8 Å². The Morgan fingerprint density at radius 3 is 2.81 bits per heavy atom. The van der Waals surface area contributed by atoms with Crippen molar-refractivity contribution in [2.45, 2.75) is 20.3 Å². The quantitative estimate of drug-likeness (QED) is 0.458. The second-order valence-electron chi connectivity index (χ2n) is 5.80. The van der Waals surface area contributed by atoms with E-state index in [0.717, 1.165) is 33.4 Å².